The van der Waals surface area contributed by atoms with Crippen LogP contribution in [0.25, 0.3) is 0 Å². The largest absolute Gasteiger partial charge is 1.00 e. The van der Waals surface area contributed by atoms with Gasteiger partial charge in [-0.3, -0.25) is 9.59 Å². The summed E-state index contributed by atoms with van der Waals surface area (Å²) >= 11 is 0. The molecule has 1 unspecified atom stereocenters. The standard InChI is InChI=1S/C44H84NO6.ClH/c1-4-6-8-10-12-14-16-18-20-22-24-26-28-30-32-34-43(48)50-41-42(40-45(3,36-38-46)37-39-47)51-44(49)35-33-31-29-27-25-23-21-19-17-15-13-11-9-7-5-2;/h18-21,42,46-47H,4-17,22-41H2,1-3H3;1H/q+1;/p-1/b20-18+,21-19+;. The quantitative estimate of drug-likeness (QED) is 0.0286. The van der Waals surface area contributed by atoms with E-state index >= 15 is 0 Å². The lowest BCUT2D eigenvalue weighted by Crippen LogP contribution is -3.00. The molecule has 0 aliphatic heterocycles. The number of unbranched alkanes of at least 4 members (excludes halogenated alkanes) is 22. The molecule has 0 aromatic heterocycles. The zero-order valence-electron chi connectivity index (χ0n) is 34.3. The second-order valence-corrected chi connectivity index (χ2v) is 15.2. The number of esters is 2. The van der Waals surface area contributed by atoms with Crippen molar-refractivity contribution in [2.75, 3.05) is 46.5 Å². The molecule has 8 heteroatoms. The van der Waals surface area contributed by atoms with E-state index < -0.39 is 6.10 Å². The summed E-state index contributed by atoms with van der Waals surface area (Å²) in [5.74, 6) is -0.532. The minimum absolute atomic E-state index is 0. The minimum atomic E-state index is -0.609. The Morgan fingerprint density at radius 2 is 0.885 bits per heavy atom. The number of carbonyl (C=O) groups excluding carboxylic acids is 2. The SMILES string of the molecule is CCCCCCCC/C=C/CCCCCCCC(=O)OCC(C[N+](C)(CCO)CCO)OC(=O)CCCCCCC/C=C/CCCCCCCC.[Cl-]. The van der Waals surface area contributed by atoms with Crippen molar-refractivity contribution in [3.63, 3.8) is 0 Å². The van der Waals surface area contributed by atoms with Crippen molar-refractivity contribution in [2.45, 2.75) is 200 Å². The van der Waals surface area contributed by atoms with Gasteiger partial charge < -0.3 is 36.6 Å². The third-order valence-electron chi connectivity index (χ3n) is 9.94. The van der Waals surface area contributed by atoms with Crippen LogP contribution in [0.4, 0.5) is 0 Å². The second kappa shape index (κ2) is 40.8. The lowest BCUT2D eigenvalue weighted by Gasteiger charge is -2.36. The molecular formula is C44H84ClNO6. The Balaban J connectivity index is 0. The molecule has 52 heavy (non-hydrogen) atoms. The first-order valence-electron chi connectivity index (χ1n) is 21.6. The van der Waals surface area contributed by atoms with Gasteiger partial charge in [0.05, 0.1) is 20.3 Å². The Kier molecular flexibility index (Phi) is 41.3. The van der Waals surface area contributed by atoms with Crippen LogP contribution in [0, 0.1) is 0 Å². The fraction of sp³-hybridized carbons (Fsp3) is 0.864. The van der Waals surface area contributed by atoms with Crippen molar-refractivity contribution in [2.24, 2.45) is 0 Å². The number of hydrogen-bond donors (Lipinski definition) is 2. The highest BCUT2D eigenvalue weighted by Gasteiger charge is 2.29. The molecule has 0 heterocycles. The molecule has 0 fully saturated rings. The smallest absolute Gasteiger partial charge is 0.306 e. The van der Waals surface area contributed by atoms with Gasteiger partial charge in [-0.15, -0.1) is 0 Å². The van der Waals surface area contributed by atoms with Gasteiger partial charge >= 0.3 is 11.9 Å². The molecule has 0 saturated carbocycles. The van der Waals surface area contributed by atoms with Crippen LogP contribution in [-0.2, 0) is 19.1 Å². The fourth-order valence-corrected chi connectivity index (χ4v) is 6.58. The van der Waals surface area contributed by atoms with Gasteiger partial charge in [0.25, 0.3) is 0 Å². The molecule has 308 valence electrons. The van der Waals surface area contributed by atoms with E-state index in [1.165, 1.54) is 116 Å². The van der Waals surface area contributed by atoms with Gasteiger partial charge in [-0.25, -0.2) is 0 Å². The number of rotatable bonds is 39. The van der Waals surface area contributed by atoms with Crippen molar-refractivity contribution >= 4 is 11.9 Å². The van der Waals surface area contributed by atoms with E-state index in [1.54, 1.807) is 0 Å². The molecule has 0 aliphatic rings. The normalized spacial score (nSPS) is 12.4. The lowest BCUT2D eigenvalue weighted by atomic mass is 10.1. The van der Waals surface area contributed by atoms with Gasteiger partial charge in [0.2, 0.25) is 0 Å². The van der Waals surface area contributed by atoms with E-state index in [0.717, 1.165) is 51.4 Å². The second-order valence-electron chi connectivity index (χ2n) is 15.2. The summed E-state index contributed by atoms with van der Waals surface area (Å²) in [7, 11) is 1.92. The summed E-state index contributed by atoms with van der Waals surface area (Å²) in [4.78, 5) is 25.3. The Bertz CT molecular complexity index is 830. The van der Waals surface area contributed by atoms with Crippen LogP contribution < -0.4 is 12.4 Å². The number of hydrogen-bond acceptors (Lipinski definition) is 6. The summed E-state index contributed by atoms with van der Waals surface area (Å²) < 4.78 is 11.8. The third-order valence-corrected chi connectivity index (χ3v) is 9.94. The van der Waals surface area contributed by atoms with Crippen LogP contribution in [-0.4, -0.2) is 79.2 Å². The predicted octanol–water partition coefficient (Wildman–Crippen LogP) is 7.95. The summed E-state index contributed by atoms with van der Waals surface area (Å²) in [5.41, 5.74) is 0. The highest BCUT2D eigenvalue weighted by atomic mass is 35.5. The van der Waals surface area contributed by atoms with Crippen molar-refractivity contribution < 1.29 is 46.2 Å². The van der Waals surface area contributed by atoms with Gasteiger partial charge in [0, 0.05) is 12.8 Å². The maximum atomic E-state index is 12.8. The molecule has 0 radical (unpaired) electrons. The number of carbonyl (C=O) groups is 2. The number of allylic oxidation sites excluding steroid dienone is 4. The van der Waals surface area contributed by atoms with Crippen molar-refractivity contribution in [1.82, 2.24) is 0 Å². The average Bonchev–Trinajstić information content (AvgIpc) is 3.10. The van der Waals surface area contributed by atoms with Crippen molar-refractivity contribution in [1.29, 1.82) is 0 Å². The molecule has 0 amide bonds. The van der Waals surface area contributed by atoms with Crippen molar-refractivity contribution in [3.8, 4) is 0 Å². The lowest BCUT2D eigenvalue weighted by molar-refractivity contribution is -0.912. The Morgan fingerprint density at radius 3 is 1.27 bits per heavy atom. The molecule has 0 bridgehead atoms. The average molecular weight is 759 g/mol. The summed E-state index contributed by atoms with van der Waals surface area (Å²) in [5, 5.41) is 19.2. The van der Waals surface area contributed by atoms with E-state index in [0.29, 0.717) is 37.0 Å². The van der Waals surface area contributed by atoms with Crippen LogP contribution in [0.2, 0.25) is 0 Å². The van der Waals surface area contributed by atoms with Gasteiger partial charge in [-0.2, -0.15) is 0 Å². The highest BCUT2D eigenvalue weighted by Crippen LogP contribution is 2.14. The number of nitrogens with zero attached hydrogens (tertiary/aromatic N) is 1. The first-order valence-corrected chi connectivity index (χ1v) is 21.6. The molecular weight excluding hydrogens is 674 g/mol. The first-order chi connectivity index (χ1) is 24.9. The number of quaternary nitrogens is 1. The molecule has 1 atom stereocenters. The van der Waals surface area contributed by atoms with Crippen LogP contribution in [0.3, 0.4) is 0 Å². The Hall–Kier alpha value is -1.41. The monoisotopic (exact) mass is 758 g/mol. The van der Waals surface area contributed by atoms with Gasteiger partial charge in [0.1, 0.15) is 26.2 Å². The molecule has 0 rings (SSSR count). The maximum absolute atomic E-state index is 12.8. The predicted molar refractivity (Wildman–Crippen MR) is 215 cm³/mol. The molecule has 0 aromatic carbocycles. The Morgan fingerprint density at radius 1 is 0.538 bits per heavy atom. The topological polar surface area (TPSA) is 93.1 Å². The number of aliphatic hydroxyl groups is 2. The highest BCUT2D eigenvalue weighted by molar-refractivity contribution is 5.70. The van der Waals surface area contributed by atoms with Crippen LogP contribution in [0.1, 0.15) is 194 Å². The van der Waals surface area contributed by atoms with Crippen LogP contribution >= 0.6 is 0 Å². The fourth-order valence-electron chi connectivity index (χ4n) is 6.58. The maximum Gasteiger partial charge on any atom is 0.306 e. The van der Waals surface area contributed by atoms with E-state index in [2.05, 4.69) is 38.2 Å². The zero-order chi connectivity index (χ0) is 37.5. The van der Waals surface area contributed by atoms with Gasteiger partial charge in [-0.1, -0.05) is 141 Å². The summed E-state index contributed by atoms with van der Waals surface area (Å²) in [6.07, 6.45) is 40.8. The molecule has 0 aliphatic carbocycles. The number of likely N-dealkylation sites (N-methyl/N-ethyl adjacent to an activating group) is 1. The van der Waals surface area contributed by atoms with E-state index in [1.807, 2.05) is 7.05 Å². The number of aliphatic hydroxyl groups excluding tert-OH is 2. The van der Waals surface area contributed by atoms with Gasteiger partial charge in [0.15, 0.2) is 6.10 Å². The first kappa shape index (κ1) is 52.7. The van der Waals surface area contributed by atoms with Crippen LogP contribution in [0.15, 0.2) is 24.3 Å². The van der Waals surface area contributed by atoms with Gasteiger partial charge in [-0.05, 0) is 64.2 Å². The third kappa shape index (κ3) is 36.9. The van der Waals surface area contributed by atoms with Crippen molar-refractivity contribution in [3.05, 3.63) is 24.3 Å². The minimum Gasteiger partial charge on any atom is -1.00 e. The number of ether oxygens (including phenoxy) is 2. The van der Waals surface area contributed by atoms with E-state index in [-0.39, 0.29) is 44.2 Å². The van der Waals surface area contributed by atoms with Crippen LogP contribution in [0.5, 0.6) is 0 Å². The molecule has 0 saturated heterocycles. The van der Waals surface area contributed by atoms with E-state index in [9.17, 15) is 19.8 Å². The zero-order valence-corrected chi connectivity index (χ0v) is 35.0. The molecule has 0 spiro atoms. The number of halogens is 1. The Labute approximate surface area is 327 Å². The summed E-state index contributed by atoms with van der Waals surface area (Å²) in [6.45, 7) is 5.66. The molecule has 0 aromatic rings. The van der Waals surface area contributed by atoms with E-state index in [4.69, 9.17) is 9.47 Å². The summed E-state index contributed by atoms with van der Waals surface area (Å²) in [6, 6.07) is 0. The molecule has 2 N–H and O–H groups in total. The molecule has 7 nitrogen and oxygen atoms in total.